The maximum absolute atomic E-state index is 13.8. The van der Waals surface area contributed by atoms with E-state index in [4.69, 9.17) is 9.47 Å². The zero-order chi connectivity index (χ0) is 35.4. The predicted molar refractivity (Wildman–Crippen MR) is 192 cm³/mol. The fourth-order valence-corrected chi connectivity index (χ4v) is 6.57. The van der Waals surface area contributed by atoms with Gasteiger partial charge in [-0.25, -0.2) is 0 Å². The number of fused-ring (bicyclic) bond motifs is 4. The third-order valence-electron chi connectivity index (χ3n) is 9.16. The molecule has 3 aromatic carbocycles. The summed E-state index contributed by atoms with van der Waals surface area (Å²) in [5.74, 6) is 0.394. The largest absolute Gasteiger partial charge is 0.493 e. The van der Waals surface area contributed by atoms with Gasteiger partial charge in [0, 0.05) is 76.3 Å². The molecule has 3 heterocycles. The summed E-state index contributed by atoms with van der Waals surface area (Å²) in [6.07, 6.45) is 3.60. The first-order valence-corrected chi connectivity index (χ1v) is 16.7. The second-order valence-corrected chi connectivity index (χ2v) is 12.5. The molecule has 0 radical (unpaired) electrons. The third kappa shape index (κ3) is 7.14. The molecule has 12 heteroatoms. The number of nitrogens with zero attached hydrogens (tertiary/aromatic N) is 3. The normalized spacial score (nSPS) is 14.6. The molecule has 1 atom stereocenters. The summed E-state index contributed by atoms with van der Waals surface area (Å²) in [4.78, 5) is 54.6. The van der Waals surface area contributed by atoms with Crippen LogP contribution < -0.4 is 35.2 Å². The number of aryl methyl sites for hydroxylation is 1. The second kappa shape index (κ2) is 14.8. The van der Waals surface area contributed by atoms with Gasteiger partial charge < -0.3 is 39.8 Å². The van der Waals surface area contributed by atoms with Crippen molar-refractivity contribution in [2.45, 2.75) is 31.7 Å². The number of carbonyl (C=O) groups excluding carboxylic acids is 4. The zero-order valence-electron chi connectivity index (χ0n) is 28.7. The van der Waals surface area contributed by atoms with Gasteiger partial charge in [-0.2, -0.15) is 0 Å². The van der Waals surface area contributed by atoms with Gasteiger partial charge in [-0.1, -0.05) is 30.3 Å². The van der Waals surface area contributed by atoms with E-state index < -0.39 is 0 Å². The molecule has 0 bridgehead atoms. The van der Waals surface area contributed by atoms with Gasteiger partial charge in [0.2, 0.25) is 11.8 Å². The Labute approximate surface area is 291 Å². The van der Waals surface area contributed by atoms with Gasteiger partial charge in [-0.15, -0.1) is 0 Å². The van der Waals surface area contributed by atoms with E-state index in [2.05, 4.69) is 26.9 Å². The van der Waals surface area contributed by atoms with E-state index in [-0.39, 0.29) is 55.7 Å². The van der Waals surface area contributed by atoms with Crippen LogP contribution in [0.2, 0.25) is 0 Å². The summed E-state index contributed by atoms with van der Waals surface area (Å²) < 4.78 is 13.5. The van der Waals surface area contributed by atoms with Crippen LogP contribution in [-0.4, -0.2) is 75.1 Å². The van der Waals surface area contributed by atoms with E-state index in [1.165, 1.54) is 5.56 Å². The second-order valence-electron chi connectivity index (χ2n) is 12.5. The molecule has 3 N–H and O–H groups in total. The lowest BCUT2D eigenvalue weighted by Gasteiger charge is -2.25. The Morgan fingerprint density at radius 1 is 0.900 bits per heavy atom. The van der Waals surface area contributed by atoms with Crippen molar-refractivity contribution in [3.8, 4) is 22.6 Å². The van der Waals surface area contributed by atoms with Crippen molar-refractivity contribution in [3.63, 3.8) is 0 Å². The Balaban J connectivity index is 1.02. The van der Waals surface area contributed by atoms with Crippen molar-refractivity contribution in [2.75, 3.05) is 56.0 Å². The van der Waals surface area contributed by atoms with Crippen LogP contribution in [0.5, 0.6) is 11.5 Å². The fraction of sp³-hybridized carbons (Fsp3) is 0.316. The van der Waals surface area contributed by atoms with Crippen molar-refractivity contribution in [1.82, 2.24) is 15.2 Å². The Hall–Kier alpha value is -5.78. The van der Waals surface area contributed by atoms with E-state index in [0.717, 1.165) is 28.9 Å². The van der Waals surface area contributed by atoms with Crippen LogP contribution in [0.1, 0.15) is 45.7 Å². The SMILES string of the molecule is CNC(=O)CCNC(=O)c1cc(-c2ccc(NC(=O)CCCOc3cc4c(cc3OC)C(=O)N3c5ccccc5C[C@H]3CN4C)cc2)cn1C. The van der Waals surface area contributed by atoms with Crippen molar-refractivity contribution in [1.29, 1.82) is 0 Å². The lowest BCUT2D eigenvalue weighted by molar-refractivity contribution is -0.120. The first kappa shape index (κ1) is 34.1. The number of carbonyl (C=O) groups is 4. The molecule has 6 rings (SSSR count). The summed E-state index contributed by atoms with van der Waals surface area (Å²) >= 11 is 0. The van der Waals surface area contributed by atoms with Gasteiger partial charge in [0.05, 0.1) is 31.0 Å². The topological polar surface area (TPSA) is 134 Å². The number of benzene rings is 3. The molecule has 2 aliphatic heterocycles. The molecule has 2 aliphatic rings. The van der Waals surface area contributed by atoms with Crippen LogP contribution in [0.15, 0.2) is 72.9 Å². The minimum absolute atomic E-state index is 0.0415. The molecule has 4 amide bonds. The molecule has 0 saturated heterocycles. The summed E-state index contributed by atoms with van der Waals surface area (Å²) in [6, 6.07) is 20.9. The van der Waals surface area contributed by atoms with E-state index in [1.807, 2.05) is 66.7 Å². The zero-order valence-corrected chi connectivity index (χ0v) is 28.7. The summed E-state index contributed by atoms with van der Waals surface area (Å²) in [5.41, 5.74) is 6.37. The standard InChI is InChI=1S/C38H42N6O6/c1-39-35(45)15-16-40-37(47)32-19-26(22-42(32)2)24-11-13-27(14-12-24)41-36(46)10-7-17-50-34-21-31-29(20-33(34)49-4)38(48)44-28(23-43(31)3)18-25-8-5-6-9-30(25)44/h5-6,8-9,11-14,19-22,28H,7,10,15-18,23H2,1-4H3,(H,39,45)(H,40,47)(H,41,46)/t28-/m0/s1. The average Bonchev–Trinajstić information content (AvgIpc) is 3.67. The number of rotatable bonds is 12. The molecular formula is C38H42N6O6. The highest BCUT2D eigenvalue weighted by Crippen LogP contribution is 2.42. The summed E-state index contributed by atoms with van der Waals surface area (Å²) in [5, 5.41) is 8.22. The number of para-hydroxylation sites is 1. The van der Waals surface area contributed by atoms with E-state index >= 15 is 0 Å². The van der Waals surface area contributed by atoms with Crippen molar-refractivity contribution in [2.24, 2.45) is 7.05 Å². The number of likely N-dealkylation sites (N-methyl/N-ethyl adjacent to an activating group) is 1. The Morgan fingerprint density at radius 2 is 1.68 bits per heavy atom. The molecule has 0 saturated carbocycles. The lowest BCUT2D eigenvalue weighted by atomic mass is 10.1. The lowest BCUT2D eigenvalue weighted by Crippen LogP contribution is -2.41. The molecule has 1 aromatic heterocycles. The molecule has 0 unspecified atom stereocenters. The van der Waals surface area contributed by atoms with Crippen LogP contribution in [0.3, 0.4) is 0 Å². The number of hydrogen-bond acceptors (Lipinski definition) is 7. The van der Waals surface area contributed by atoms with Gasteiger partial charge in [-0.05, 0) is 54.3 Å². The molecular weight excluding hydrogens is 636 g/mol. The molecule has 260 valence electrons. The number of amides is 4. The quantitative estimate of drug-likeness (QED) is 0.189. The van der Waals surface area contributed by atoms with E-state index in [9.17, 15) is 19.2 Å². The minimum Gasteiger partial charge on any atom is -0.493 e. The molecule has 12 nitrogen and oxygen atoms in total. The highest BCUT2D eigenvalue weighted by Gasteiger charge is 2.39. The number of ether oxygens (including phenoxy) is 2. The molecule has 0 fully saturated rings. The fourth-order valence-electron chi connectivity index (χ4n) is 6.57. The maximum atomic E-state index is 13.8. The first-order chi connectivity index (χ1) is 24.2. The number of methoxy groups -OCH3 is 1. The highest BCUT2D eigenvalue weighted by atomic mass is 16.5. The van der Waals surface area contributed by atoms with Gasteiger partial charge in [0.1, 0.15) is 5.69 Å². The predicted octanol–water partition coefficient (Wildman–Crippen LogP) is 4.39. The molecule has 4 aromatic rings. The van der Waals surface area contributed by atoms with E-state index in [1.54, 1.807) is 37.9 Å². The number of hydrogen-bond donors (Lipinski definition) is 3. The Morgan fingerprint density at radius 3 is 2.44 bits per heavy atom. The number of anilines is 3. The van der Waals surface area contributed by atoms with Gasteiger partial charge in [0.25, 0.3) is 11.8 Å². The van der Waals surface area contributed by atoms with Crippen LogP contribution >= 0.6 is 0 Å². The third-order valence-corrected chi connectivity index (χ3v) is 9.16. The smallest absolute Gasteiger partial charge is 0.267 e. The first-order valence-electron chi connectivity index (χ1n) is 16.7. The summed E-state index contributed by atoms with van der Waals surface area (Å²) in [6.45, 7) is 1.22. The van der Waals surface area contributed by atoms with Crippen molar-refractivity contribution in [3.05, 3.63) is 89.7 Å². The molecule has 0 spiro atoms. The monoisotopic (exact) mass is 678 g/mol. The van der Waals surface area contributed by atoms with Gasteiger partial charge >= 0.3 is 0 Å². The highest BCUT2D eigenvalue weighted by molar-refractivity contribution is 6.12. The van der Waals surface area contributed by atoms with Crippen LogP contribution in [0.4, 0.5) is 17.1 Å². The maximum Gasteiger partial charge on any atom is 0.267 e. The average molecular weight is 679 g/mol. The number of nitrogens with one attached hydrogen (secondary N) is 3. The van der Waals surface area contributed by atoms with Gasteiger partial charge in [-0.3, -0.25) is 19.2 Å². The van der Waals surface area contributed by atoms with Crippen LogP contribution in [0.25, 0.3) is 11.1 Å². The van der Waals surface area contributed by atoms with Crippen LogP contribution in [-0.2, 0) is 23.1 Å². The van der Waals surface area contributed by atoms with Crippen LogP contribution in [0, 0.1) is 0 Å². The Kier molecular flexibility index (Phi) is 10.1. The molecule has 50 heavy (non-hydrogen) atoms. The van der Waals surface area contributed by atoms with Gasteiger partial charge in [0.15, 0.2) is 11.5 Å². The number of aromatic nitrogens is 1. The van der Waals surface area contributed by atoms with Crippen molar-refractivity contribution >= 4 is 40.7 Å². The minimum atomic E-state index is -0.259. The van der Waals surface area contributed by atoms with Crippen molar-refractivity contribution < 1.29 is 28.7 Å². The summed E-state index contributed by atoms with van der Waals surface area (Å²) in [7, 11) is 6.89. The van der Waals surface area contributed by atoms with E-state index in [0.29, 0.717) is 41.4 Å². The Bertz CT molecular complexity index is 1920. The molecule has 0 aliphatic carbocycles.